The van der Waals surface area contributed by atoms with Gasteiger partial charge in [0.15, 0.2) is 0 Å². The van der Waals surface area contributed by atoms with Crippen LogP contribution in [-0.4, -0.2) is 29.9 Å². The first-order chi connectivity index (χ1) is 11.8. The Balaban J connectivity index is 2.28. The van der Waals surface area contributed by atoms with E-state index in [0.29, 0.717) is 16.8 Å². The first-order valence-corrected chi connectivity index (χ1v) is 7.81. The Morgan fingerprint density at radius 3 is 2.60 bits per heavy atom. The zero-order valence-electron chi connectivity index (χ0n) is 13.8. The van der Waals surface area contributed by atoms with E-state index in [-0.39, 0.29) is 16.6 Å². The van der Waals surface area contributed by atoms with E-state index in [4.69, 9.17) is 11.6 Å². The molecule has 0 bridgehead atoms. The SMILES string of the molecule is C=C(C)[C@H](NC(=O)c1cccc(-c2ccc(F)c(Cl)c2)n1)C(=O)NC. The van der Waals surface area contributed by atoms with Gasteiger partial charge in [-0.15, -0.1) is 0 Å². The molecule has 0 unspecified atom stereocenters. The van der Waals surface area contributed by atoms with Gasteiger partial charge in [0, 0.05) is 12.6 Å². The highest BCUT2D eigenvalue weighted by atomic mass is 35.5. The molecule has 0 radical (unpaired) electrons. The Labute approximate surface area is 149 Å². The molecule has 0 saturated carbocycles. The molecule has 0 saturated heterocycles. The van der Waals surface area contributed by atoms with Crippen LogP contribution in [-0.2, 0) is 4.79 Å². The predicted octanol–water partition coefficient (Wildman–Crippen LogP) is 2.96. The van der Waals surface area contributed by atoms with Crippen molar-refractivity contribution in [1.82, 2.24) is 15.6 Å². The zero-order chi connectivity index (χ0) is 18.6. The number of aromatic nitrogens is 1. The highest BCUT2D eigenvalue weighted by Crippen LogP contribution is 2.23. The third-order valence-corrected chi connectivity index (χ3v) is 3.76. The fraction of sp³-hybridized carbons (Fsp3) is 0.167. The first-order valence-electron chi connectivity index (χ1n) is 7.44. The van der Waals surface area contributed by atoms with Gasteiger partial charge in [0.05, 0.1) is 10.7 Å². The predicted molar refractivity (Wildman–Crippen MR) is 94.8 cm³/mol. The number of carbonyl (C=O) groups excluding carboxylic acids is 2. The van der Waals surface area contributed by atoms with E-state index in [1.807, 2.05) is 0 Å². The number of hydrogen-bond donors (Lipinski definition) is 2. The fourth-order valence-corrected chi connectivity index (χ4v) is 2.32. The number of hydrogen-bond acceptors (Lipinski definition) is 3. The van der Waals surface area contributed by atoms with Crippen LogP contribution in [0.4, 0.5) is 4.39 Å². The maximum atomic E-state index is 13.3. The minimum absolute atomic E-state index is 0.0314. The molecule has 2 rings (SSSR count). The second kappa shape index (κ2) is 7.90. The third kappa shape index (κ3) is 4.42. The number of benzene rings is 1. The van der Waals surface area contributed by atoms with Crippen molar-refractivity contribution >= 4 is 23.4 Å². The summed E-state index contributed by atoms with van der Waals surface area (Å²) in [7, 11) is 1.47. The Morgan fingerprint density at radius 1 is 1.28 bits per heavy atom. The zero-order valence-corrected chi connectivity index (χ0v) is 14.5. The molecule has 1 aromatic heterocycles. The summed E-state index contributed by atoms with van der Waals surface area (Å²) < 4.78 is 13.3. The molecule has 1 heterocycles. The molecule has 2 amide bonds. The van der Waals surface area contributed by atoms with E-state index < -0.39 is 17.8 Å². The number of likely N-dealkylation sites (N-methyl/N-ethyl adjacent to an activating group) is 1. The minimum atomic E-state index is -0.858. The number of carbonyl (C=O) groups is 2. The van der Waals surface area contributed by atoms with Crippen molar-refractivity contribution in [2.24, 2.45) is 0 Å². The number of amides is 2. The van der Waals surface area contributed by atoms with E-state index in [1.165, 1.54) is 31.3 Å². The van der Waals surface area contributed by atoms with E-state index in [1.54, 1.807) is 19.1 Å². The fourth-order valence-electron chi connectivity index (χ4n) is 2.14. The highest BCUT2D eigenvalue weighted by molar-refractivity contribution is 6.31. The van der Waals surface area contributed by atoms with Gasteiger partial charge in [-0.05, 0) is 42.8 Å². The van der Waals surface area contributed by atoms with Gasteiger partial charge in [0.2, 0.25) is 5.91 Å². The monoisotopic (exact) mass is 361 g/mol. The van der Waals surface area contributed by atoms with Crippen LogP contribution in [0.3, 0.4) is 0 Å². The number of nitrogens with zero attached hydrogens (tertiary/aromatic N) is 1. The molecular formula is C18H17ClFN3O2. The van der Waals surface area contributed by atoms with Crippen molar-refractivity contribution in [1.29, 1.82) is 0 Å². The van der Waals surface area contributed by atoms with Gasteiger partial charge in [0.1, 0.15) is 17.6 Å². The van der Waals surface area contributed by atoms with Crippen molar-refractivity contribution in [2.45, 2.75) is 13.0 Å². The van der Waals surface area contributed by atoms with Gasteiger partial charge < -0.3 is 10.6 Å². The largest absolute Gasteiger partial charge is 0.357 e. The molecule has 0 fully saturated rings. The first kappa shape index (κ1) is 18.6. The van der Waals surface area contributed by atoms with Crippen LogP contribution in [0.25, 0.3) is 11.3 Å². The second-order valence-electron chi connectivity index (χ2n) is 5.40. The highest BCUT2D eigenvalue weighted by Gasteiger charge is 2.21. The lowest BCUT2D eigenvalue weighted by molar-refractivity contribution is -0.121. The normalized spacial score (nSPS) is 11.5. The van der Waals surface area contributed by atoms with E-state index in [2.05, 4.69) is 22.2 Å². The van der Waals surface area contributed by atoms with Crippen LogP contribution in [0, 0.1) is 5.82 Å². The van der Waals surface area contributed by atoms with Gasteiger partial charge in [0.25, 0.3) is 5.91 Å². The number of pyridine rings is 1. The van der Waals surface area contributed by atoms with Crippen molar-refractivity contribution in [3.8, 4) is 11.3 Å². The molecule has 0 aliphatic rings. The average Bonchev–Trinajstić information content (AvgIpc) is 2.61. The third-order valence-electron chi connectivity index (χ3n) is 3.47. The molecule has 2 aromatic rings. The summed E-state index contributed by atoms with van der Waals surface area (Å²) in [4.78, 5) is 28.5. The van der Waals surface area contributed by atoms with Gasteiger partial charge in [-0.2, -0.15) is 0 Å². The Kier molecular flexibility index (Phi) is 5.88. The Hall–Kier alpha value is -2.73. The molecule has 5 nitrogen and oxygen atoms in total. The molecule has 2 N–H and O–H groups in total. The summed E-state index contributed by atoms with van der Waals surface area (Å²) in [5.41, 5.74) is 1.65. The van der Waals surface area contributed by atoms with E-state index in [0.717, 1.165) is 0 Å². The molecule has 25 heavy (non-hydrogen) atoms. The van der Waals surface area contributed by atoms with Gasteiger partial charge >= 0.3 is 0 Å². The molecule has 1 aromatic carbocycles. The van der Waals surface area contributed by atoms with Gasteiger partial charge in [-0.1, -0.05) is 24.2 Å². The van der Waals surface area contributed by atoms with Crippen LogP contribution < -0.4 is 10.6 Å². The summed E-state index contributed by atoms with van der Waals surface area (Å²) in [6, 6.07) is 8.16. The van der Waals surface area contributed by atoms with Gasteiger partial charge in [-0.3, -0.25) is 9.59 Å². The molecule has 0 aliphatic carbocycles. The number of halogens is 2. The smallest absolute Gasteiger partial charge is 0.270 e. The quantitative estimate of drug-likeness (QED) is 0.804. The van der Waals surface area contributed by atoms with Gasteiger partial charge in [-0.25, -0.2) is 9.37 Å². The molecule has 7 heteroatoms. The average molecular weight is 362 g/mol. The molecule has 0 spiro atoms. The lowest BCUT2D eigenvalue weighted by Gasteiger charge is -2.17. The lowest BCUT2D eigenvalue weighted by Crippen LogP contribution is -2.46. The standard InChI is InChI=1S/C18H17ClFN3O2/c1-10(2)16(18(25)21-3)23-17(24)15-6-4-5-14(22-15)11-7-8-13(20)12(19)9-11/h4-9,16H,1H2,2-3H3,(H,21,25)(H,23,24)/t16-/m0/s1. The molecular weight excluding hydrogens is 345 g/mol. The second-order valence-corrected chi connectivity index (χ2v) is 5.81. The van der Waals surface area contributed by atoms with Crippen LogP contribution in [0.5, 0.6) is 0 Å². The summed E-state index contributed by atoms with van der Waals surface area (Å²) in [5, 5.41) is 5.02. The molecule has 130 valence electrons. The van der Waals surface area contributed by atoms with Crippen LogP contribution in [0.1, 0.15) is 17.4 Å². The minimum Gasteiger partial charge on any atom is -0.357 e. The summed E-state index contributed by atoms with van der Waals surface area (Å²) in [6.45, 7) is 5.35. The maximum absolute atomic E-state index is 13.3. The summed E-state index contributed by atoms with van der Waals surface area (Å²) in [5.74, 6) is -1.43. The van der Waals surface area contributed by atoms with Crippen LogP contribution in [0.2, 0.25) is 5.02 Å². The topological polar surface area (TPSA) is 71.1 Å². The molecule has 1 atom stereocenters. The van der Waals surface area contributed by atoms with E-state index >= 15 is 0 Å². The Morgan fingerprint density at radius 2 is 2.00 bits per heavy atom. The lowest BCUT2D eigenvalue weighted by atomic mass is 10.1. The van der Waals surface area contributed by atoms with Crippen LogP contribution in [0.15, 0.2) is 48.6 Å². The maximum Gasteiger partial charge on any atom is 0.270 e. The summed E-state index contributed by atoms with van der Waals surface area (Å²) >= 11 is 5.78. The van der Waals surface area contributed by atoms with E-state index in [9.17, 15) is 14.0 Å². The Bertz CT molecular complexity index is 839. The van der Waals surface area contributed by atoms with Crippen molar-refractivity contribution in [3.63, 3.8) is 0 Å². The van der Waals surface area contributed by atoms with Crippen molar-refractivity contribution in [3.05, 3.63) is 65.1 Å². The molecule has 0 aliphatic heterocycles. The number of nitrogens with one attached hydrogen (secondary N) is 2. The van der Waals surface area contributed by atoms with Crippen molar-refractivity contribution < 1.29 is 14.0 Å². The van der Waals surface area contributed by atoms with Crippen LogP contribution >= 0.6 is 11.6 Å². The number of rotatable bonds is 5. The van der Waals surface area contributed by atoms with Crippen molar-refractivity contribution in [2.75, 3.05) is 7.05 Å². The summed E-state index contributed by atoms with van der Waals surface area (Å²) in [6.07, 6.45) is 0.